The van der Waals surface area contributed by atoms with E-state index in [1.807, 2.05) is 55.4 Å². The predicted octanol–water partition coefficient (Wildman–Crippen LogP) is 6.65. The molecule has 0 spiro atoms. The van der Waals surface area contributed by atoms with E-state index in [2.05, 4.69) is 0 Å². The lowest BCUT2D eigenvalue weighted by atomic mass is 10.4. The molecule has 5 nitrogen and oxygen atoms in total. The molecule has 0 bridgehead atoms. The van der Waals surface area contributed by atoms with Gasteiger partial charge in [-0.3, -0.25) is 4.55 Å². The molecule has 0 saturated carbocycles. The molecular formula is C20H35ClO5S2. The summed E-state index contributed by atoms with van der Waals surface area (Å²) in [5.74, 6) is 0. The smallest absolute Gasteiger partial charge is 0.282 e. The number of hydrogen-bond acceptors (Lipinski definition) is 4. The SMILES string of the molecule is CC.CC.CC.CC.O=S(=O)(Cl)c1ccccc1.O=S(=O)(O)c1ccccc1. The lowest BCUT2D eigenvalue weighted by Crippen LogP contribution is -1.96. The van der Waals surface area contributed by atoms with Crippen molar-refractivity contribution in [2.75, 3.05) is 0 Å². The van der Waals surface area contributed by atoms with Gasteiger partial charge in [-0.15, -0.1) is 0 Å². The van der Waals surface area contributed by atoms with Crippen molar-refractivity contribution in [1.82, 2.24) is 0 Å². The van der Waals surface area contributed by atoms with Crippen LogP contribution in [0.1, 0.15) is 55.4 Å². The predicted molar refractivity (Wildman–Crippen MR) is 121 cm³/mol. The first-order valence-corrected chi connectivity index (χ1v) is 13.0. The van der Waals surface area contributed by atoms with Gasteiger partial charge in [-0.05, 0) is 24.3 Å². The summed E-state index contributed by atoms with van der Waals surface area (Å²) in [4.78, 5) is 0.0617. The highest BCUT2D eigenvalue weighted by atomic mass is 35.7. The highest BCUT2D eigenvalue weighted by Crippen LogP contribution is 2.12. The normalized spacial score (nSPS) is 8.93. The first-order chi connectivity index (χ1) is 13.2. The van der Waals surface area contributed by atoms with E-state index in [0.29, 0.717) is 0 Å². The molecule has 0 aliphatic carbocycles. The van der Waals surface area contributed by atoms with E-state index in [4.69, 9.17) is 15.2 Å². The number of hydrogen-bond donors (Lipinski definition) is 1. The van der Waals surface area contributed by atoms with Crippen LogP contribution in [0.2, 0.25) is 0 Å². The molecule has 0 saturated heterocycles. The minimum absolute atomic E-state index is 0.0741. The van der Waals surface area contributed by atoms with Gasteiger partial charge in [-0.25, -0.2) is 8.42 Å². The molecule has 0 fully saturated rings. The van der Waals surface area contributed by atoms with Crippen LogP contribution in [0.4, 0.5) is 0 Å². The van der Waals surface area contributed by atoms with Crippen LogP contribution in [0.25, 0.3) is 0 Å². The molecule has 2 aromatic carbocycles. The quantitative estimate of drug-likeness (QED) is 0.405. The molecule has 8 heteroatoms. The Labute approximate surface area is 176 Å². The van der Waals surface area contributed by atoms with Gasteiger partial charge in [-0.1, -0.05) is 91.8 Å². The Hall–Kier alpha value is -1.41. The fourth-order valence-electron chi connectivity index (χ4n) is 1.18. The van der Waals surface area contributed by atoms with Gasteiger partial charge in [0.05, 0.1) is 9.79 Å². The molecule has 0 atom stereocenters. The fourth-order valence-corrected chi connectivity index (χ4v) is 2.47. The van der Waals surface area contributed by atoms with Crippen molar-refractivity contribution in [3.05, 3.63) is 60.7 Å². The molecule has 0 radical (unpaired) electrons. The monoisotopic (exact) mass is 454 g/mol. The lowest BCUT2D eigenvalue weighted by Gasteiger charge is -1.92. The minimum atomic E-state index is -4.00. The van der Waals surface area contributed by atoms with Crippen LogP contribution in [-0.4, -0.2) is 21.4 Å². The molecule has 0 aliphatic rings. The third-order valence-corrected chi connectivity index (χ3v) is 4.30. The van der Waals surface area contributed by atoms with Crippen molar-refractivity contribution < 1.29 is 21.4 Å². The second-order valence-corrected chi connectivity index (χ2v) is 7.53. The largest absolute Gasteiger partial charge is 0.294 e. The maximum atomic E-state index is 10.6. The zero-order valence-corrected chi connectivity index (χ0v) is 20.4. The number of rotatable bonds is 2. The second-order valence-electron chi connectivity index (χ2n) is 3.54. The third kappa shape index (κ3) is 19.4. The Bertz CT molecular complexity index is 678. The molecule has 0 unspecified atom stereocenters. The molecule has 0 aromatic heterocycles. The summed E-state index contributed by atoms with van der Waals surface area (Å²) >= 11 is 0. The fraction of sp³-hybridized carbons (Fsp3) is 0.400. The van der Waals surface area contributed by atoms with Gasteiger partial charge in [0.25, 0.3) is 19.2 Å². The molecule has 0 aliphatic heterocycles. The standard InChI is InChI=1S/C6H5ClO2S.C6H6O3S.4C2H6/c2*7-10(8,9)6-4-2-1-3-5-6;4*1-2/h1-5H;1-5H,(H,7,8,9);4*1-2H3. The first kappa shape index (κ1) is 34.1. The van der Waals surface area contributed by atoms with Crippen LogP contribution in [0.15, 0.2) is 70.5 Å². The molecule has 1 N–H and O–H groups in total. The van der Waals surface area contributed by atoms with E-state index in [1.54, 1.807) is 36.4 Å². The van der Waals surface area contributed by atoms with Crippen molar-refractivity contribution in [2.45, 2.75) is 65.2 Å². The van der Waals surface area contributed by atoms with E-state index in [0.717, 1.165) is 0 Å². The third-order valence-electron chi connectivity index (χ3n) is 2.07. The summed E-state index contributed by atoms with van der Waals surface area (Å²) < 4.78 is 50.4. The Kier molecular flexibility index (Phi) is 26.7. The first-order valence-electron chi connectivity index (χ1n) is 9.23. The Balaban J connectivity index is -0.000000152. The summed E-state index contributed by atoms with van der Waals surface area (Å²) in [5.41, 5.74) is 0. The van der Waals surface area contributed by atoms with Crippen LogP contribution < -0.4 is 0 Å². The summed E-state index contributed by atoms with van der Waals surface area (Å²) in [7, 11) is -2.50. The Morgan fingerprint density at radius 1 is 0.571 bits per heavy atom. The van der Waals surface area contributed by atoms with Crippen molar-refractivity contribution in [1.29, 1.82) is 0 Å². The highest BCUT2D eigenvalue weighted by molar-refractivity contribution is 8.13. The van der Waals surface area contributed by atoms with E-state index >= 15 is 0 Å². The Morgan fingerprint density at radius 2 is 0.821 bits per heavy atom. The summed E-state index contributed by atoms with van der Waals surface area (Å²) in [5, 5.41) is 0. The molecule has 2 aromatic rings. The molecule has 164 valence electrons. The van der Waals surface area contributed by atoms with Crippen LogP contribution in [0, 0.1) is 0 Å². The molecule has 0 heterocycles. The average molecular weight is 455 g/mol. The molecule has 28 heavy (non-hydrogen) atoms. The number of benzene rings is 2. The van der Waals surface area contributed by atoms with E-state index in [-0.39, 0.29) is 9.79 Å². The van der Waals surface area contributed by atoms with Gasteiger partial charge >= 0.3 is 0 Å². The van der Waals surface area contributed by atoms with Gasteiger partial charge in [-0.2, -0.15) is 8.42 Å². The molecule has 0 amide bonds. The topological polar surface area (TPSA) is 88.5 Å². The zero-order valence-electron chi connectivity index (χ0n) is 18.0. The molecular weight excluding hydrogens is 420 g/mol. The zero-order chi connectivity index (χ0) is 23.2. The van der Waals surface area contributed by atoms with Crippen LogP contribution in [-0.2, 0) is 19.2 Å². The Morgan fingerprint density at radius 3 is 0.964 bits per heavy atom. The second kappa shape index (κ2) is 21.9. The van der Waals surface area contributed by atoms with Crippen molar-refractivity contribution in [3.63, 3.8) is 0 Å². The summed E-state index contributed by atoms with van der Waals surface area (Å²) in [6.07, 6.45) is 0. The maximum absolute atomic E-state index is 10.6. The minimum Gasteiger partial charge on any atom is -0.282 e. The van der Waals surface area contributed by atoms with Gasteiger partial charge in [0.1, 0.15) is 0 Å². The van der Waals surface area contributed by atoms with Gasteiger partial charge in [0.2, 0.25) is 0 Å². The lowest BCUT2D eigenvalue weighted by molar-refractivity contribution is 0.483. The highest BCUT2D eigenvalue weighted by Gasteiger charge is 2.06. The van der Waals surface area contributed by atoms with Gasteiger partial charge < -0.3 is 0 Å². The van der Waals surface area contributed by atoms with Crippen molar-refractivity contribution >= 4 is 29.9 Å². The van der Waals surface area contributed by atoms with E-state index < -0.39 is 19.2 Å². The van der Waals surface area contributed by atoms with Crippen molar-refractivity contribution in [3.8, 4) is 0 Å². The summed E-state index contributed by atoms with van der Waals surface area (Å²) in [6.45, 7) is 16.0. The van der Waals surface area contributed by atoms with E-state index in [9.17, 15) is 16.8 Å². The van der Waals surface area contributed by atoms with Crippen LogP contribution in [0.3, 0.4) is 0 Å². The van der Waals surface area contributed by atoms with Gasteiger partial charge in [0.15, 0.2) is 0 Å². The molecule has 2 rings (SSSR count). The van der Waals surface area contributed by atoms with Crippen LogP contribution >= 0.6 is 10.7 Å². The van der Waals surface area contributed by atoms with Crippen LogP contribution in [0.5, 0.6) is 0 Å². The maximum Gasteiger partial charge on any atom is 0.294 e. The number of halogens is 1. The van der Waals surface area contributed by atoms with Crippen molar-refractivity contribution in [2.24, 2.45) is 0 Å². The summed E-state index contributed by atoms with van der Waals surface area (Å²) in [6, 6.07) is 15.3. The average Bonchev–Trinajstić information content (AvgIpc) is 2.74. The van der Waals surface area contributed by atoms with E-state index in [1.165, 1.54) is 24.3 Å². The van der Waals surface area contributed by atoms with Gasteiger partial charge in [0, 0.05) is 10.7 Å².